The van der Waals surface area contributed by atoms with Crippen LogP contribution in [0.2, 0.25) is 0 Å². The Morgan fingerprint density at radius 3 is 2.76 bits per heavy atom. The van der Waals surface area contributed by atoms with Gasteiger partial charge in [0, 0.05) is 23.7 Å². The van der Waals surface area contributed by atoms with E-state index in [-0.39, 0.29) is 11.9 Å². The molecule has 1 atom stereocenters. The number of ether oxygens (including phenoxy) is 2. The van der Waals surface area contributed by atoms with Crippen LogP contribution in [0.15, 0.2) is 42.5 Å². The maximum Gasteiger partial charge on any atom is 0.165 e. The molecule has 4 heteroatoms. The molecule has 0 aliphatic carbocycles. The number of fused-ring (bicyclic) bond motifs is 1. The molecule has 3 rings (SSSR count). The molecule has 3 nitrogen and oxygen atoms in total. The van der Waals surface area contributed by atoms with Gasteiger partial charge in [0.05, 0.1) is 0 Å². The van der Waals surface area contributed by atoms with E-state index in [9.17, 15) is 4.39 Å². The van der Waals surface area contributed by atoms with Crippen molar-refractivity contribution in [3.8, 4) is 11.5 Å². The Morgan fingerprint density at radius 2 is 1.90 bits per heavy atom. The van der Waals surface area contributed by atoms with Crippen molar-refractivity contribution in [3.05, 3.63) is 59.4 Å². The molecule has 2 aromatic carbocycles. The van der Waals surface area contributed by atoms with Gasteiger partial charge in [0.2, 0.25) is 0 Å². The van der Waals surface area contributed by atoms with Gasteiger partial charge < -0.3 is 14.8 Å². The van der Waals surface area contributed by atoms with Crippen molar-refractivity contribution in [2.45, 2.75) is 19.5 Å². The zero-order chi connectivity index (χ0) is 14.7. The molecule has 0 saturated heterocycles. The zero-order valence-corrected chi connectivity index (χ0v) is 11.9. The van der Waals surface area contributed by atoms with Gasteiger partial charge in [0.15, 0.2) is 11.5 Å². The quantitative estimate of drug-likeness (QED) is 0.934. The topological polar surface area (TPSA) is 30.5 Å². The molecule has 0 amide bonds. The summed E-state index contributed by atoms with van der Waals surface area (Å²) in [5.41, 5.74) is 1.69. The van der Waals surface area contributed by atoms with E-state index in [1.165, 1.54) is 6.07 Å². The minimum Gasteiger partial charge on any atom is -0.486 e. The van der Waals surface area contributed by atoms with Crippen LogP contribution in [0, 0.1) is 5.82 Å². The highest BCUT2D eigenvalue weighted by Crippen LogP contribution is 2.33. The molecule has 2 aromatic rings. The van der Waals surface area contributed by atoms with E-state index in [4.69, 9.17) is 9.47 Å². The summed E-state index contributed by atoms with van der Waals surface area (Å²) in [5, 5.41) is 3.33. The summed E-state index contributed by atoms with van der Waals surface area (Å²) in [6, 6.07) is 12.6. The molecular formula is C17H18FNO2. The fraction of sp³-hybridized carbons (Fsp3) is 0.294. The molecule has 1 heterocycles. The summed E-state index contributed by atoms with van der Waals surface area (Å²) in [7, 11) is 0. The van der Waals surface area contributed by atoms with Crippen LogP contribution in [0.3, 0.4) is 0 Å². The SMILES string of the molecule is CC(NCc1cccc2c1OCCO2)c1ccccc1F. The molecule has 0 spiro atoms. The van der Waals surface area contributed by atoms with Crippen molar-refractivity contribution in [1.82, 2.24) is 5.32 Å². The van der Waals surface area contributed by atoms with Crippen LogP contribution < -0.4 is 14.8 Å². The molecule has 0 saturated carbocycles. The Balaban J connectivity index is 1.72. The second-order valence-electron chi connectivity index (χ2n) is 5.07. The van der Waals surface area contributed by atoms with E-state index in [1.54, 1.807) is 12.1 Å². The van der Waals surface area contributed by atoms with Crippen LogP contribution >= 0.6 is 0 Å². The second kappa shape index (κ2) is 6.14. The minimum atomic E-state index is -0.188. The monoisotopic (exact) mass is 287 g/mol. The number of nitrogens with one attached hydrogen (secondary N) is 1. The van der Waals surface area contributed by atoms with Crippen molar-refractivity contribution in [3.63, 3.8) is 0 Å². The van der Waals surface area contributed by atoms with Crippen molar-refractivity contribution in [2.24, 2.45) is 0 Å². The third-order valence-corrected chi connectivity index (χ3v) is 3.62. The summed E-state index contributed by atoms with van der Waals surface area (Å²) in [6.07, 6.45) is 0. The lowest BCUT2D eigenvalue weighted by molar-refractivity contribution is 0.169. The molecule has 0 bridgehead atoms. The summed E-state index contributed by atoms with van der Waals surface area (Å²) in [4.78, 5) is 0. The highest BCUT2D eigenvalue weighted by atomic mass is 19.1. The maximum atomic E-state index is 13.8. The fourth-order valence-corrected chi connectivity index (χ4v) is 2.47. The maximum absolute atomic E-state index is 13.8. The lowest BCUT2D eigenvalue weighted by atomic mass is 10.1. The van der Waals surface area contributed by atoms with Gasteiger partial charge in [-0.2, -0.15) is 0 Å². The third-order valence-electron chi connectivity index (χ3n) is 3.62. The molecule has 110 valence electrons. The Labute approximate surface area is 123 Å². The molecule has 1 aliphatic heterocycles. The standard InChI is InChI=1S/C17H18FNO2/c1-12(14-6-2-3-7-15(14)18)19-11-13-5-4-8-16-17(13)21-10-9-20-16/h2-8,12,19H,9-11H2,1H3. The first-order valence-corrected chi connectivity index (χ1v) is 7.11. The van der Waals surface area contributed by atoms with Gasteiger partial charge in [-0.25, -0.2) is 4.39 Å². The summed E-state index contributed by atoms with van der Waals surface area (Å²) in [5.74, 6) is 1.38. The number of hydrogen-bond acceptors (Lipinski definition) is 3. The highest BCUT2D eigenvalue weighted by molar-refractivity contribution is 5.47. The van der Waals surface area contributed by atoms with Crippen molar-refractivity contribution >= 4 is 0 Å². The van der Waals surface area contributed by atoms with E-state index in [2.05, 4.69) is 5.32 Å². The van der Waals surface area contributed by atoms with E-state index >= 15 is 0 Å². The number of benzene rings is 2. The molecule has 1 N–H and O–H groups in total. The first-order valence-electron chi connectivity index (χ1n) is 7.11. The Hall–Kier alpha value is -2.07. The fourth-order valence-electron chi connectivity index (χ4n) is 2.47. The van der Waals surface area contributed by atoms with Gasteiger partial charge in [0.1, 0.15) is 19.0 Å². The largest absolute Gasteiger partial charge is 0.486 e. The average molecular weight is 287 g/mol. The van der Waals surface area contributed by atoms with Crippen LogP contribution in [0.5, 0.6) is 11.5 Å². The highest BCUT2D eigenvalue weighted by Gasteiger charge is 2.16. The molecule has 1 unspecified atom stereocenters. The predicted molar refractivity (Wildman–Crippen MR) is 79.1 cm³/mol. The minimum absolute atomic E-state index is 0.0773. The Kier molecular flexibility index (Phi) is 4.06. The number of para-hydroxylation sites is 1. The summed E-state index contributed by atoms with van der Waals surface area (Å²) >= 11 is 0. The van der Waals surface area contributed by atoms with Crippen molar-refractivity contribution in [1.29, 1.82) is 0 Å². The molecule has 1 aliphatic rings. The normalized spacial score (nSPS) is 14.8. The number of hydrogen-bond donors (Lipinski definition) is 1. The Morgan fingerprint density at radius 1 is 1.10 bits per heavy atom. The van der Waals surface area contributed by atoms with Crippen molar-refractivity contribution < 1.29 is 13.9 Å². The van der Waals surface area contributed by atoms with Crippen LogP contribution in [0.1, 0.15) is 24.1 Å². The van der Waals surface area contributed by atoms with Crippen LogP contribution in [-0.2, 0) is 6.54 Å². The van der Waals surface area contributed by atoms with Crippen molar-refractivity contribution in [2.75, 3.05) is 13.2 Å². The van der Waals surface area contributed by atoms with E-state index in [0.717, 1.165) is 17.1 Å². The second-order valence-corrected chi connectivity index (χ2v) is 5.07. The first kappa shape index (κ1) is 13.9. The van der Waals surface area contributed by atoms with Gasteiger partial charge >= 0.3 is 0 Å². The molecule has 0 radical (unpaired) electrons. The molecule has 0 fully saturated rings. The smallest absolute Gasteiger partial charge is 0.165 e. The molecule has 21 heavy (non-hydrogen) atoms. The van der Waals surface area contributed by atoms with E-state index < -0.39 is 0 Å². The number of halogens is 1. The van der Waals surface area contributed by atoms with Gasteiger partial charge in [-0.05, 0) is 19.1 Å². The van der Waals surface area contributed by atoms with Gasteiger partial charge in [0.25, 0.3) is 0 Å². The van der Waals surface area contributed by atoms with Gasteiger partial charge in [-0.3, -0.25) is 0 Å². The van der Waals surface area contributed by atoms with Crippen LogP contribution in [0.25, 0.3) is 0 Å². The number of rotatable bonds is 4. The van der Waals surface area contributed by atoms with Gasteiger partial charge in [-0.1, -0.05) is 30.3 Å². The molecular weight excluding hydrogens is 269 g/mol. The lowest BCUT2D eigenvalue weighted by Crippen LogP contribution is -2.21. The van der Waals surface area contributed by atoms with Crippen LogP contribution in [0.4, 0.5) is 4.39 Å². The van der Waals surface area contributed by atoms with Crippen LogP contribution in [-0.4, -0.2) is 13.2 Å². The summed E-state index contributed by atoms with van der Waals surface area (Å²) < 4.78 is 25.0. The first-order chi connectivity index (χ1) is 10.3. The predicted octanol–water partition coefficient (Wildman–Crippen LogP) is 3.45. The summed E-state index contributed by atoms with van der Waals surface area (Å²) in [6.45, 7) is 3.69. The average Bonchev–Trinajstić information content (AvgIpc) is 2.53. The Bertz CT molecular complexity index is 630. The third kappa shape index (κ3) is 3.00. The van der Waals surface area contributed by atoms with Gasteiger partial charge in [-0.15, -0.1) is 0 Å². The van der Waals surface area contributed by atoms with E-state index in [0.29, 0.717) is 25.3 Å². The lowest BCUT2D eigenvalue weighted by Gasteiger charge is -2.22. The molecule has 0 aromatic heterocycles. The van der Waals surface area contributed by atoms with E-state index in [1.807, 2.05) is 31.2 Å². The zero-order valence-electron chi connectivity index (χ0n) is 11.9.